The first-order valence-corrected chi connectivity index (χ1v) is 13.4. The zero-order valence-corrected chi connectivity index (χ0v) is 22.5. The Hall–Kier alpha value is -2.80. The van der Waals surface area contributed by atoms with E-state index in [2.05, 4.69) is 5.32 Å². The Bertz CT molecular complexity index is 882. The van der Waals surface area contributed by atoms with Gasteiger partial charge in [0.25, 0.3) is 0 Å². The van der Waals surface area contributed by atoms with Gasteiger partial charge in [0.1, 0.15) is 5.75 Å². The van der Waals surface area contributed by atoms with E-state index in [4.69, 9.17) is 19.9 Å². The molecule has 0 unspecified atom stereocenters. The van der Waals surface area contributed by atoms with Gasteiger partial charge < -0.3 is 25.3 Å². The fourth-order valence-electron chi connectivity index (χ4n) is 4.60. The SMILES string of the molecule is CCOC(=O)C1=C(C)NC(C)=C(C(=O)OCC)C1c1ccccc1OCCCCCCCCCCN. The largest absolute Gasteiger partial charge is 0.493 e. The highest BCUT2D eigenvalue weighted by atomic mass is 16.5. The molecule has 0 bridgehead atoms. The van der Waals surface area contributed by atoms with Gasteiger partial charge in [-0.2, -0.15) is 0 Å². The smallest absolute Gasteiger partial charge is 0.336 e. The molecule has 1 heterocycles. The van der Waals surface area contributed by atoms with E-state index in [1.807, 2.05) is 38.1 Å². The van der Waals surface area contributed by atoms with E-state index >= 15 is 0 Å². The first kappa shape index (κ1) is 29.4. The highest BCUT2D eigenvalue weighted by molar-refractivity contribution is 6.00. The summed E-state index contributed by atoms with van der Waals surface area (Å²) in [6.07, 6.45) is 9.31. The predicted molar refractivity (Wildman–Crippen MR) is 142 cm³/mol. The summed E-state index contributed by atoms with van der Waals surface area (Å²) < 4.78 is 17.0. The molecule has 36 heavy (non-hydrogen) atoms. The van der Waals surface area contributed by atoms with E-state index in [0.717, 1.165) is 31.4 Å². The Morgan fingerprint density at radius 2 is 1.31 bits per heavy atom. The average Bonchev–Trinajstić information content (AvgIpc) is 2.85. The monoisotopic (exact) mass is 500 g/mol. The predicted octanol–water partition coefficient (Wildman–Crippen LogP) is 5.51. The lowest BCUT2D eigenvalue weighted by atomic mass is 9.80. The van der Waals surface area contributed by atoms with Crippen molar-refractivity contribution < 1.29 is 23.8 Å². The molecular weight excluding hydrogens is 456 g/mol. The molecule has 3 N–H and O–H groups in total. The molecule has 0 aromatic heterocycles. The molecule has 0 amide bonds. The summed E-state index contributed by atoms with van der Waals surface area (Å²) in [6.45, 7) is 9.02. The van der Waals surface area contributed by atoms with E-state index in [-0.39, 0.29) is 13.2 Å². The van der Waals surface area contributed by atoms with Gasteiger partial charge in [0.15, 0.2) is 0 Å². The number of hydrogen-bond donors (Lipinski definition) is 2. The molecule has 1 aliphatic rings. The number of hydrogen-bond acceptors (Lipinski definition) is 7. The molecule has 1 aromatic rings. The van der Waals surface area contributed by atoms with Crippen LogP contribution < -0.4 is 15.8 Å². The molecular formula is C29H44N2O5. The van der Waals surface area contributed by atoms with Crippen LogP contribution in [0.3, 0.4) is 0 Å². The third kappa shape index (κ3) is 8.40. The Morgan fingerprint density at radius 1 is 0.806 bits per heavy atom. The molecule has 2 rings (SSSR count). The van der Waals surface area contributed by atoms with Crippen molar-refractivity contribution in [2.24, 2.45) is 5.73 Å². The topological polar surface area (TPSA) is 99.9 Å². The van der Waals surface area contributed by atoms with Crippen molar-refractivity contribution in [3.05, 3.63) is 52.4 Å². The summed E-state index contributed by atoms with van der Waals surface area (Å²) in [7, 11) is 0. The van der Waals surface area contributed by atoms with Crippen molar-refractivity contribution >= 4 is 11.9 Å². The number of nitrogens with two attached hydrogens (primary N) is 1. The Labute approximate surface area is 216 Å². The van der Waals surface area contributed by atoms with Crippen molar-refractivity contribution in [3.63, 3.8) is 0 Å². The molecule has 0 spiro atoms. The van der Waals surface area contributed by atoms with Gasteiger partial charge >= 0.3 is 11.9 Å². The van der Waals surface area contributed by atoms with Crippen molar-refractivity contribution in [1.29, 1.82) is 0 Å². The van der Waals surface area contributed by atoms with Crippen LogP contribution >= 0.6 is 0 Å². The Kier molecular flexibility index (Phi) is 13.1. The van der Waals surface area contributed by atoms with Gasteiger partial charge in [0.2, 0.25) is 0 Å². The van der Waals surface area contributed by atoms with Crippen molar-refractivity contribution in [2.45, 2.75) is 85.0 Å². The lowest BCUT2D eigenvalue weighted by Crippen LogP contribution is -2.32. The lowest BCUT2D eigenvalue weighted by molar-refractivity contribution is -0.139. The maximum Gasteiger partial charge on any atom is 0.336 e. The summed E-state index contributed by atoms with van der Waals surface area (Å²) >= 11 is 0. The van der Waals surface area contributed by atoms with Crippen LogP contribution in [0.25, 0.3) is 0 Å². The Morgan fingerprint density at radius 3 is 1.83 bits per heavy atom. The van der Waals surface area contributed by atoms with E-state index < -0.39 is 17.9 Å². The third-order valence-corrected chi connectivity index (χ3v) is 6.34. The molecule has 0 saturated carbocycles. The van der Waals surface area contributed by atoms with E-state index in [1.165, 1.54) is 32.1 Å². The number of allylic oxidation sites excluding steroid dienone is 2. The van der Waals surface area contributed by atoms with Gasteiger partial charge in [-0.05, 0) is 53.1 Å². The maximum absolute atomic E-state index is 13.0. The first-order valence-electron chi connectivity index (χ1n) is 13.4. The Balaban J connectivity index is 2.18. The molecule has 0 aliphatic carbocycles. The molecule has 1 aromatic carbocycles. The van der Waals surface area contributed by atoms with Crippen LogP contribution in [0.2, 0.25) is 0 Å². The molecule has 0 fully saturated rings. The fraction of sp³-hybridized carbons (Fsp3) is 0.586. The van der Waals surface area contributed by atoms with Gasteiger partial charge in [0, 0.05) is 17.0 Å². The minimum absolute atomic E-state index is 0.241. The standard InChI is InChI=1S/C29H44N2O5/c1-5-34-28(32)25-21(3)31-22(4)26(29(33)35-6-2)27(25)23-17-13-14-18-24(23)36-20-16-12-10-8-7-9-11-15-19-30/h13-14,17-18,27,31H,5-12,15-16,19-20,30H2,1-4H3. The highest BCUT2D eigenvalue weighted by Crippen LogP contribution is 2.42. The zero-order chi connectivity index (χ0) is 26.3. The van der Waals surface area contributed by atoms with E-state index in [9.17, 15) is 9.59 Å². The van der Waals surface area contributed by atoms with Crippen LogP contribution in [0.5, 0.6) is 5.75 Å². The number of ether oxygens (including phenoxy) is 3. The molecule has 0 saturated heterocycles. The minimum atomic E-state index is -0.644. The third-order valence-electron chi connectivity index (χ3n) is 6.34. The van der Waals surface area contributed by atoms with Gasteiger partial charge in [0.05, 0.1) is 36.9 Å². The van der Waals surface area contributed by atoms with Crippen LogP contribution in [0.4, 0.5) is 0 Å². The first-order chi connectivity index (χ1) is 17.5. The second-order valence-corrected chi connectivity index (χ2v) is 9.08. The van der Waals surface area contributed by atoms with Crippen LogP contribution in [0.15, 0.2) is 46.8 Å². The van der Waals surface area contributed by atoms with Crippen molar-refractivity contribution in [2.75, 3.05) is 26.4 Å². The minimum Gasteiger partial charge on any atom is -0.493 e. The number of dihydropyridines is 1. The molecule has 1 aliphatic heterocycles. The summed E-state index contributed by atoms with van der Waals surface area (Å²) in [5.74, 6) is -0.893. The number of nitrogens with one attached hydrogen (secondary N) is 1. The molecule has 200 valence electrons. The van der Waals surface area contributed by atoms with Gasteiger partial charge in [-0.15, -0.1) is 0 Å². The number of carbonyl (C=O) groups excluding carboxylic acids is 2. The number of esters is 2. The lowest BCUT2D eigenvalue weighted by Gasteiger charge is -2.31. The van der Waals surface area contributed by atoms with Crippen molar-refractivity contribution in [3.8, 4) is 5.75 Å². The molecule has 7 heteroatoms. The number of para-hydroxylation sites is 1. The average molecular weight is 501 g/mol. The van der Waals surface area contributed by atoms with Crippen LogP contribution in [-0.2, 0) is 19.1 Å². The summed E-state index contributed by atoms with van der Waals surface area (Å²) in [4.78, 5) is 26.1. The molecule has 0 atom stereocenters. The summed E-state index contributed by atoms with van der Waals surface area (Å²) in [5.41, 5.74) is 8.42. The van der Waals surface area contributed by atoms with Crippen molar-refractivity contribution in [1.82, 2.24) is 5.32 Å². The fourth-order valence-corrected chi connectivity index (χ4v) is 4.60. The second kappa shape index (κ2) is 16.0. The summed E-state index contributed by atoms with van der Waals surface area (Å²) in [6, 6.07) is 7.60. The number of carbonyl (C=O) groups is 2. The highest BCUT2D eigenvalue weighted by Gasteiger charge is 2.39. The number of benzene rings is 1. The maximum atomic E-state index is 13.0. The second-order valence-electron chi connectivity index (χ2n) is 9.08. The van der Waals surface area contributed by atoms with Crippen LogP contribution in [0.1, 0.15) is 90.5 Å². The van der Waals surface area contributed by atoms with Gasteiger partial charge in [-0.3, -0.25) is 0 Å². The quantitative estimate of drug-likeness (QED) is 0.228. The van der Waals surface area contributed by atoms with E-state index in [0.29, 0.717) is 34.9 Å². The normalized spacial score (nSPS) is 14.0. The zero-order valence-electron chi connectivity index (χ0n) is 22.5. The molecule has 0 radical (unpaired) electrons. The van der Waals surface area contributed by atoms with E-state index in [1.54, 1.807) is 13.8 Å². The van der Waals surface area contributed by atoms with Gasteiger partial charge in [-0.25, -0.2) is 9.59 Å². The van der Waals surface area contributed by atoms with Gasteiger partial charge in [-0.1, -0.05) is 56.7 Å². The number of unbranched alkanes of at least 4 members (excludes halogenated alkanes) is 7. The number of rotatable bonds is 16. The molecule has 7 nitrogen and oxygen atoms in total. The van der Waals surface area contributed by atoms with Crippen LogP contribution in [-0.4, -0.2) is 38.3 Å². The van der Waals surface area contributed by atoms with Crippen LogP contribution in [0, 0.1) is 0 Å². The summed E-state index contributed by atoms with van der Waals surface area (Å²) in [5, 5.41) is 3.18.